The van der Waals surface area contributed by atoms with E-state index in [0.717, 1.165) is 0 Å². The Bertz CT molecular complexity index is 524. The maximum Gasteiger partial charge on any atom is 0.330 e. The average molecular weight is 293 g/mol. The summed E-state index contributed by atoms with van der Waals surface area (Å²) in [6.45, 7) is 3.30. The molecule has 1 aromatic carbocycles. The normalized spacial score (nSPS) is 12.5. The largest absolute Gasteiger partial charge is 0.481 e. The number of hydrogen-bond donors (Lipinski definition) is 3. The van der Waals surface area contributed by atoms with Crippen LogP contribution in [-0.2, 0) is 14.4 Å². The van der Waals surface area contributed by atoms with Crippen LogP contribution in [-0.4, -0.2) is 28.1 Å². The number of carboxylic acids is 2. The number of carbonyl (C=O) groups excluding carboxylic acids is 1. The SMILES string of the molecule is CC(C)(CC(=O)O)CC(=O)NC(C(=O)O)c1ccccc1. The Morgan fingerprint density at radius 1 is 1.10 bits per heavy atom. The van der Waals surface area contributed by atoms with E-state index < -0.39 is 29.3 Å². The third kappa shape index (κ3) is 5.64. The van der Waals surface area contributed by atoms with Crippen LogP contribution in [0.5, 0.6) is 0 Å². The summed E-state index contributed by atoms with van der Waals surface area (Å²) in [5.74, 6) is -2.64. The molecule has 0 saturated heterocycles. The number of amides is 1. The predicted molar refractivity (Wildman–Crippen MR) is 75.6 cm³/mol. The Morgan fingerprint density at radius 3 is 2.14 bits per heavy atom. The fourth-order valence-corrected chi connectivity index (χ4v) is 2.05. The van der Waals surface area contributed by atoms with Gasteiger partial charge in [-0.3, -0.25) is 9.59 Å². The van der Waals surface area contributed by atoms with Gasteiger partial charge < -0.3 is 15.5 Å². The van der Waals surface area contributed by atoms with Crippen LogP contribution in [0.1, 0.15) is 38.3 Å². The van der Waals surface area contributed by atoms with Crippen molar-refractivity contribution in [3.63, 3.8) is 0 Å². The van der Waals surface area contributed by atoms with Crippen molar-refractivity contribution >= 4 is 17.8 Å². The fourth-order valence-electron chi connectivity index (χ4n) is 2.05. The molecule has 0 radical (unpaired) electrons. The van der Waals surface area contributed by atoms with Gasteiger partial charge in [-0.15, -0.1) is 0 Å². The summed E-state index contributed by atoms with van der Waals surface area (Å²) >= 11 is 0. The van der Waals surface area contributed by atoms with Crippen molar-refractivity contribution in [3.8, 4) is 0 Å². The molecule has 0 fully saturated rings. The molecule has 0 aliphatic rings. The summed E-state index contributed by atoms with van der Waals surface area (Å²) in [5.41, 5.74) is -0.273. The Balaban J connectivity index is 2.75. The molecule has 1 atom stereocenters. The number of benzene rings is 1. The van der Waals surface area contributed by atoms with Gasteiger partial charge in [0.2, 0.25) is 5.91 Å². The Morgan fingerprint density at radius 2 is 1.67 bits per heavy atom. The summed E-state index contributed by atoms with van der Waals surface area (Å²) in [7, 11) is 0. The van der Waals surface area contributed by atoms with Crippen LogP contribution in [0.2, 0.25) is 0 Å². The lowest BCUT2D eigenvalue weighted by Gasteiger charge is -2.23. The van der Waals surface area contributed by atoms with E-state index in [2.05, 4.69) is 5.32 Å². The Labute approximate surface area is 122 Å². The smallest absolute Gasteiger partial charge is 0.330 e. The zero-order valence-corrected chi connectivity index (χ0v) is 12.0. The maximum absolute atomic E-state index is 12.0. The van der Waals surface area contributed by atoms with Crippen molar-refractivity contribution in [3.05, 3.63) is 35.9 Å². The maximum atomic E-state index is 12.0. The first kappa shape index (κ1) is 16.7. The van der Waals surface area contributed by atoms with Crippen molar-refractivity contribution in [1.82, 2.24) is 5.32 Å². The molecule has 6 heteroatoms. The van der Waals surface area contributed by atoms with Crippen LogP contribution in [0.4, 0.5) is 0 Å². The predicted octanol–water partition coefficient (Wildman–Crippen LogP) is 1.82. The molecule has 0 bridgehead atoms. The third-order valence-corrected chi connectivity index (χ3v) is 2.95. The molecule has 0 saturated carbocycles. The van der Waals surface area contributed by atoms with E-state index >= 15 is 0 Å². The highest BCUT2D eigenvalue weighted by atomic mass is 16.4. The van der Waals surface area contributed by atoms with Crippen LogP contribution in [0.25, 0.3) is 0 Å². The van der Waals surface area contributed by atoms with Gasteiger partial charge in [0, 0.05) is 6.42 Å². The quantitative estimate of drug-likeness (QED) is 0.711. The third-order valence-electron chi connectivity index (χ3n) is 2.95. The van der Waals surface area contributed by atoms with Crippen LogP contribution < -0.4 is 5.32 Å². The topological polar surface area (TPSA) is 104 Å². The Kier molecular flexibility index (Phi) is 5.46. The van der Waals surface area contributed by atoms with E-state index in [-0.39, 0.29) is 12.8 Å². The summed E-state index contributed by atoms with van der Waals surface area (Å²) in [6.07, 6.45) is -0.223. The van der Waals surface area contributed by atoms with Gasteiger partial charge in [0.1, 0.15) is 0 Å². The van der Waals surface area contributed by atoms with Crippen LogP contribution in [0.15, 0.2) is 30.3 Å². The first-order valence-electron chi connectivity index (χ1n) is 6.50. The number of carboxylic acid groups (broad SMARTS) is 2. The van der Waals surface area contributed by atoms with Crippen LogP contribution >= 0.6 is 0 Å². The van der Waals surface area contributed by atoms with Gasteiger partial charge in [-0.05, 0) is 11.0 Å². The van der Waals surface area contributed by atoms with Crippen molar-refractivity contribution in [2.24, 2.45) is 5.41 Å². The van der Waals surface area contributed by atoms with E-state index in [1.807, 2.05) is 0 Å². The van der Waals surface area contributed by atoms with E-state index in [1.165, 1.54) is 0 Å². The summed E-state index contributed by atoms with van der Waals surface area (Å²) in [5, 5.41) is 20.4. The number of aliphatic carboxylic acids is 2. The second-order valence-corrected chi connectivity index (χ2v) is 5.66. The van der Waals surface area contributed by atoms with E-state index in [9.17, 15) is 19.5 Å². The van der Waals surface area contributed by atoms with Gasteiger partial charge in [-0.1, -0.05) is 44.2 Å². The van der Waals surface area contributed by atoms with Gasteiger partial charge in [0.05, 0.1) is 6.42 Å². The summed E-state index contributed by atoms with van der Waals surface area (Å²) in [6, 6.07) is 7.21. The lowest BCUT2D eigenvalue weighted by molar-refractivity contribution is -0.143. The van der Waals surface area contributed by atoms with Gasteiger partial charge in [0.15, 0.2) is 6.04 Å². The fraction of sp³-hybridized carbons (Fsp3) is 0.400. The first-order valence-corrected chi connectivity index (χ1v) is 6.50. The zero-order chi connectivity index (χ0) is 16.0. The second-order valence-electron chi connectivity index (χ2n) is 5.66. The highest BCUT2D eigenvalue weighted by Crippen LogP contribution is 2.25. The van der Waals surface area contributed by atoms with Crippen LogP contribution in [0, 0.1) is 5.41 Å². The number of rotatable bonds is 7. The minimum Gasteiger partial charge on any atom is -0.481 e. The van der Waals surface area contributed by atoms with E-state index in [1.54, 1.807) is 44.2 Å². The highest BCUT2D eigenvalue weighted by molar-refractivity contribution is 5.85. The molecule has 0 aliphatic heterocycles. The number of nitrogens with one attached hydrogen (secondary N) is 1. The van der Waals surface area contributed by atoms with Crippen LogP contribution in [0.3, 0.4) is 0 Å². The van der Waals surface area contributed by atoms with Gasteiger partial charge in [-0.2, -0.15) is 0 Å². The number of hydrogen-bond acceptors (Lipinski definition) is 3. The Hall–Kier alpha value is -2.37. The van der Waals surface area contributed by atoms with Gasteiger partial charge in [-0.25, -0.2) is 4.79 Å². The van der Waals surface area contributed by atoms with Crippen molar-refractivity contribution in [2.45, 2.75) is 32.7 Å². The molecule has 3 N–H and O–H groups in total. The molecule has 6 nitrogen and oxygen atoms in total. The van der Waals surface area contributed by atoms with Crippen molar-refractivity contribution in [1.29, 1.82) is 0 Å². The minimum absolute atomic E-state index is 0.0596. The first-order chi connectivity index (χ1) is 9.71. The summed E-state index contributed by atoms with van der Waals surface area (Å²) in [4.78, 5) is 34.0. The van der Waals surface area contributed by atoms with Gasteiger partial charge in [0.25, 0.3) is 0 Å². The highest BCUT2D eigenvalue weighted by Gasteiger charge is 2.28. The molecule has 21 heavy (non-hydrogen) atoms. The molecule has 114 valence electrons. The molecular weight excluding hydrogens is 274 g/mol. The number of carbonyl (C=O) groups is 3. The molecular formula is C15H19NO5. The van der Waals surface area contributed by atoms with E-state index in [0.29, 0.717) is 5.56 Å². The zero-order valence-electron chi connectivity index (χ0n) is 12.0. The second kappa shape index (κ2) is 6.88. The molecule has 1 aromatic rings. The van der Waals surface area contributed by atoms with E-state index in [4.69, 9.17) is 5.11 Å². The minimum atomic E-state index is -1.16. The summed E-state index contributed by atoms with van der Waals surface area (Å²) < 4.78 is 0. The standard InChI is InChI=1S/C15H19NO5/c1-15(2,9-12(18)19)8-11(17)16-13(14(20)21)10-6-4-3-5-7-10/h3-7,13H,8-9H2,1-2H3,(H,16,17)(H,18,19)(H,20,21). The van der Waals surface area contributed by atoms with Crippen molar-refractivity contribution in [2.75, 3.05) is 0 Å². The molecule has 0 spiro atoms. The molecule has 0 aromatic heterocycles. The van der Waals surface area contributed by atoms with Gasteiger partial charge >= 0.3 is 11.9 Å². The van der Waals surface area contributed by atoms with Crippen molar-refractivity contribution < 1.29 is 24.6 Å². The molecule has 0 aliphatic carbocycles. The monoisotopic (exact) mass is 293 g/mol. The molecule has 1 unspecified atom stereocenters. The lowest BCUT2D eigenvalue weighted by Crippen LogP contribution is -2.36. The molecule has 0 heterocycles. The molecule has 1 rings (SSSR count). The lowest BCUT2D eigenvalue weighted by atomic mass is 9.85. The molecule has 1 amide bonds. The average Bonchev–Trinajstić information content (AvgIpc) is 2.34.